The molecule has 35 heavy (non-hydrogen) atoms. The van der Waals surface area contributed by atoms with Crippen molar-refractivity contribution in [3.63, 3.8) is 0 Å². The van der Waals surface area contributed by atoms with E-state index in [0.717, 1.165) is 51.4 Å². The van der Waals surface area contributed by atoms with E-state index in [0.29, 0.717) is 11.5 Å². The third-order valence-corrected chi connectivity index (χ3v) is 7.00. The van der Waals surface area contributed by atoms with Crippen LogP contribution in [0.15, 0.2) is 61.3 Å². The van der Waals surface area contributed by atoms with Crippen LogP contribution in [0.1, 0.15) is 34.3 Å². The Labute approximate surface area is 210 Å². The van der Waals surface area contributed by atoms with Gasteiger partial charge in [-0.05, 0) is 54.0 Å². The smallest absolute Gasteiger partial charge is 0.251 e. The summed E-state index contributed by atoms with van der Waals surface area (Å²) in [6.07, 6.45) is 9.07. The maximum Gasteiger partial charge on any atom is 0.251 e. The minimum Gasteiger partial charge on any atom is -0.370 e. The van der Waals surface area contributed by atoms with Crippen molar-refractivity contribution in [1.82, 2.24) is 25.3 Å². The van der Waals surface area contributed by atoms with Gasteiger partial charge >= 0.3 is 0 Å². The van der Waals surface area contributed by atoms with Crippen LogP contribution in [0, 0.1) is 12.8 Å². The highest BCUT2D eigenvalue weighted by Crippen LogP contribution is 2.32. The average Bonchev–Trinajstić information content (AvgIpc) is 2.89. The number of aromatic nitrogens is 4. The summed E-state index contributed by atoms with van der Waals surface area (Å²) in [6.45, 7) is 5.00. The molecular weight excluding hydrogens is 456 g/mol. The molecule has 0 aliphatic carbocycles. The number of amides is 1. The third kappa shape index (κ3) is 5.59. The van der Waals surface area contributed by atoms with Gasteiger partial charge in [0.1, 0.15) is 12.1 Å². The molecule has 180 valence electrons. The molecule has 4 aromatic rings. The van der Waals surface area contributed by atoms with Crippen molar-refractivity contribution in [2.75, 3.05) is 30.9 Å². The van der Waals surface area contributed by atoms with Gasteiger partial charge in [0.25, 0.3) is 5.91 Å². The summed E-state index contributed by atoms with van der Waals surface area (Å²) in [5.41, 5.74) is 5.57. The minimum atomic E-state index is -0.104. The molecular formula is C27H30N6OS. The van der Waals surface area contributed by atoms with E-state index in [2.05, 4.69) is 55.9 Å². The van der Waals surface area contributed by atoms with Crippen molar-refractivity contribution in [3.05, 3.63) is 78.0 Å². The van der Waals surface area contributed by atoms with Crippen LogP contribution in [0.25, 0.3) is 22.2 Å². The Morgan fingerprint density at radius 3 is 2.74 bits per heavy atom. The molecule has 0 spiro atoms. The minimum absolute atomic E-state index is 0.104. The van der Waals surface area contributed by atoms with Gasteiger partial charge in [0, 0.05) is 49.2 Å². The highest BCUT2D eigenvalue weighted by molar-refractivity contribution is 7.98. The number of hydrogen-bond acceptors (Lipinski definition) is 7. The number of aryl methyl sites for hydroxylation is 1. The second-order valence-electron chi connectivity index (χ2n) is 8.61. The quantitative estimate of drug-likeness (QED) is 0.346. The molecule has 3 heterocycles. The zero-order chi connectivity index (χ0) is 24.8. The van der Waals surface area contributed by atoms with Crippen LogP contribution in [-0.2, 0) is 0 Å². The van der Waals surface area contributed by atoms with Gasteiger partial charge in [-0.2, -0.15) is 11.8 Å². The van der Waals surface area contributed by atoms with E-state index in [1.165, 1.54) is 0 Å². The number of anilines is 1. The second-order valence-corrected chi connectivity index (χ2v) is 9.52. The lowest BCUT2D eigenvalue weighted by molar-refractivity contribution is 0.0964. The third-order valence-electron chi connectivity index (χ3n) is 6.24. The largest absolute Gasteiger partial charge is 0.370 e. The first-order valence-corrected chi connectivity index (χ1v) is 13.0. The average molecular weight is 487 g/mol. The van der Waals surface area contributed by atoms with Gasteiger partial charge in [-0.25, -0.2) is 9.97 Å². The molecule has 2 unspecified atom stereocenters. The summed E-state index contributed by atoms with van der Waals surface area (Å²) in [6, 6.07) is 11.9. The number of nitrogens with one attached hydrogen (secondary N) is 2. The summed E-state index contributed by atoms with van der Waals surface area (Å²) in [4.78, 5) is 30.2. The lowest BCUT2D eigenvalue weighted by Crippen LogP contribution is -2.23. The van der Waals surface area contributed by atoms with Gasteiger partial charge in [-0.15, -0.1) is 0 Å². The summed E-state index contributed by atoms with van der Waals surface area (Å²) in [7, 11) is 1.65. The van der Waals surface area contributed by atoms with Crippen molar-refractivity contribution in [2.45, 2.75) is 19.8 Å². The topological polar surface area (TPSA) is 92.7 Å². The molecule has 4 rings (SSSR count). The Balaban J connectivity index is 1.58. The molecule has 2 atom stereocenters. The zero-order valence-electron chi connectivity index (χ0n) is 20.4. The Morgan fingerprint density at radius 2 is 1.97 bits per heavy atom. The fourth-order valence-electron chi connectivity index (χ4n) is 4.29. The van der Waals surface area contributed by atoms with Crippen LogP contribution in [0.5, 0.6) is 0 Å². The molecule has 1 aromatic carbocycles. The van der Waals surface area contributed by atoms with Crippen LogP contribution in [0.4, 0.5) is 5.82 Å². The molecule has 0 saturated carbocycles. The standard InChI is InChI=1S/C27H30N6OS/c1-17-10-19(13-29-12-17)24-11-25(33-16-32-24)31-14-20(15-35-4)18(2)21-6-5-7-22-23(27(34)28-3)8-9-30-26(21)22/h5-13,16,18,20H,14-15H2,1-4H3,(H,28,34)(H,31,32,33). The maximum absolute atomic E-state index is 12.4. The summed E-state index contributed by atoms with van der Waals surface area (Å²) in [5, 5.41) is 7.12. The van der Waals surface area contributed by atoms with Crippen LogP contribution >= 0.6 is 11.8 Å². The number of pyridine rings is 2. The number of carbonyl (C=O) groups excluding carboxylic acids is 1. The van der Waals surface area contributed by atoms with Crippen molar-refractivity contribution in [3.8, 4) is 11.3 Å². The highest BCUT2D eigenvalue weighted by atomic mass is 32.2. The van der Waals surface area contributed by atoms with E-state index >= 15 is 0 Å². The molecule has 2 N–H and O–H groups in total. The van der Waals surface area contributed by atoms with Crippen molar-refractivity contribution in [1.29, 1.82) is 0 Å². The molecule has 0 aliphatic heterocycles. The number of thioether (sulfide) groups is 1. The Kier molecular flexibility index (Phi) is 7.92. The van der Waals surface area contributed by atoms with E-state index in [4.69, 9.17) is 0 Å². The number of hydrogen-bond donors (Lipinski definition) is 2. The lowest BCUT2D eigenvalue weighted by atomic mass is 9.86. The summed E-state index contributed by atoms with van der Waals surface area (Å²) in [5.74, 6) is 2.19. The van der Waals surface area contributed by atoms with E-state index in [1.54, 1.807) is 25.6 Å². The molecule has 1 amide bonds. The SMILES string of the molecule is CNC(=O)c1ccnc2c(C(C)C(CNc3cc(-c4cncc(C)c4)ncn3)CSC)cccc12. The fourth-order valence-corrected chi connectivity index (χ4v) is 5.12. The lowest BCUT2D eigenvalue weighted by Gasteiger charge is -2.25. The van der Waals surface area contributed by atoms with E-state index in [9.17, 15) is 4.79 Å². The molecule has 0 radical (unpaired) electrons. The molecule has 0 aliphatic rings. The van der Waals surface area contributed by atoms with Crippen LogP contribution in [-0.4, -0.2) is 51.4 Å². The van der Waals surface area contributed by atoms with E-state index < -0.39 is 0 Å². The van der Waals surface area contributed by atoms with Gasteiger partial charge in [0.15, 0.2) is 0 Å². The normalized spacial score (nSPS) is 12.8. The zero-order valence-corrected chi connectivity index (χ0v) is 21.3. The number of carbonyl (C=O) groups is 1. The number of fused-ring (bicyclic) bond motifs is 1. The van der Waals surface area contributed by atoms with Crippen LogP contribution < -0.4 is 10.6 Å². The van der Waals surface area contributed by atoms with Crippen molar-refractivity contribution >= 4 is 34.4 Å². The Hall–Kier alpha value is -3.52. The van der Waals surface area contributed by atoms with Crippen molar-refractivity contribution < 1.29 is 4.79 Å². The summed E-state index contributed by atoms with van der Waals surface area (Å²) >= 11 is 1.82. The number of nitrogens with zero attached hydrogens (tertiary/aromatic N) is 4. The first-order chi connectivity index (χ1) is 17.0. The monoisotopic (exact) mass is 486 g/mol. The summed E-state index contributed by atoms with van der Waals surface area (Å²) < 4.78 is 0. The Bertz CT molecular complexity index is 1330. The second kappa shape index (κ2) is 11.3. The maximum atomic E-state index is 12.4. The van der Waals surface area contributed by atoms with Gasteiger partial charge in [0.05, 0.1) is 16.8 Å². The molecule has 3 aromatic heterocycles. The van der Waals surface area contributed by atoms with Crippen molar-refractivity contribution in [2.24, 2.45) is 5.92 Å². The van der Waals surface area contributed by atoms with Crippen LogP contribution in [0.2, 0.25) is 0 Å². The predicted molar refractivity (Wildman–Crippen MR) is 144 cm³/mol. The predicted octanol–water partition coefficient (Wildman–Crippen LogP) is 4.95. The van der Waals surface area contributed by atoms with E-state index in [-0.39, 0.29) is 11.8 Å². The van der Waals surface area contributed by atoms with Gasteiger partial charge < -0.3 is 10.6 Å². The highest BCUT2D eigenvalue weighted by Gasteiger charge is 2.22. The molecule has 0 saturated heterocycles. The number of benzene rings is 1. The van der Waals surface area contributed by atoms with Gasteiger partial charge in [-0.1, -0.05) is 25.1 Å². The first kappa shape index (κ1) is 24.6. The number of rotatable bonds is 9. The first-order valence-electron chi connectivity index (χ1n) is 11.6. The molecule has 8 heteroatoms. The van der Waals surface area contributed by atoms with E-state index in [1.807, 2.05) is 49.3 Å². The van der Waals surface area contributed by atoms with Crippen LogP contribution in [0.3, 0.4) is 0 Å². The van der Waals surface area contributed by atoms with Gasteiger partial charge in [0.2, 0.25) is 0 Å². The Morgan fingerprint density at radius 1 is 1.11 bits per heavy atom. The molecule has 7 nitrogen and oxygen atoms in total. The van der Waals surface area contributed by atoms with Gasteiger partial charge in [-0.3, -0.25) is 14.8 Å². The molecule has 0 fully saturated rings. The number of para-hydroxylation sites is 1. The fraction of sp³-hybridized carbons (Fsp3) is 0.296. The molecule has 0 bridgehead atoms.